The van der Waals surface area contributed by atoms with Gasteiger partial charge in [0.05, 0.1) is 11.6 Å². The molecule has 0 bridgehead atoms. The monoisotopic (exact) mass is 501 g/mol. The molecule has 1 aromatic heterocycles. The van der Waals surface area contributed by atoms with Crippen LogP contribution in [0, 0.1) is 5.92 Å². The van der Waals surface area contributed by atoms with E-state index in [2.05, 4.69) is 27.4 Å². The lowest BCUT2D eigenvalue weighted by molar-refractivity contribution is 0.191. The van der Waals surface area contributed by atoms with Gasteiger partial charge in [-0.15, -0.1) is 24.0 Å². The van der Waals surface area contributed by atoms with Gasteiger partial charge in [0, 0.05) is 26.3 Å². The van der Waals surface area contributed by atoms with Gasteiger partial charge in [-0.2, -0.15) is 0 Å². The molecule has 2 heterocycles. The first-order chi connectivity index (χ1) is 11.5. The van der Waals surface area contributed by atoms with Crippen LogP contribution in [0.2, 0.25) is 10.2 Å². The number of piperidine rings is 1. The van der Waals surface area contributed by atoms with Crippen LogP contribution in [0.3, 0.4) is 0 Å². The molecule has 0 aromatic carbocycles. The molecule has 0 saturated carbocycles. The molecule has 0 atom stereocenters. The quantitative estimate of drug-likeness (QED) is 0.270. The molecule has 8 heteroatoms. The predicted molar refractivity (Wildman–Crippen MR) is 119 cm³/mol. The molecule has 1 aliphatic rings. The van der Waals surface area contributed by atoms with Gasteiger partial charge in [-0.25, -0.2) is 0 Å². The van der Waals surface area contributed by atoms with E-state index >= 15 is 0 Å². The van der Waals surface area contributed by atoms with Crippen molar-refractivity contribution in [3.63, 3.8) is 0 Å². The van der Waals surface area contributed by atoms with Gasteiger partial charge in [0.15, 0.2) is 5.96 Å². The normalized spacial score (nSPS) is 16.6. The Balaban J connectivity index is 0.00000312. The minimum absolute atomic E-state index is 0. The number of nitrogens with one attached hydrogen (secondary N) is 2. The summed E-state index contributed by atoms with van der Waals surface area (Å²) in [5.41, 5.74) is 1.02. The first-order valence-corrected chi connectivity index (χ1v) is 9.43. The van der Waals surface area contributed by atoms with E-state index in [0.717, 1.165) is 37.1 Å². The SMILES string of the molecule is CN=C(NCCCN1CCC(C)CC1)NCc1cc(Cl)c(Cl)n1C.I. The third kappa shape index (κ3) is 7.15. The molecule has 1 saturated heterocycles. The second-order valence-electron chi connectivity index (χ2n) is 6.56. The number of aromatic nitrogens is 1. The van der Waals surface area contributed by atoms with Crippen LogP contribution < -0.4 is 10.6 Å². The Morgan fingerprint density at radius 3 is 2.52 bits per heavy atom. The van der Waals surface area contributed by atoms with Crippen LogP contribution in [0.25, 0.3) is 0 Å². The number of hydrogen-bond acceptors (Lipinski definition) is 2. The molecule has 5 nitrogen and oxygen atoms in total. The number of nitrogens with zero attached hydrogens (tertiary/aromatic N) is 3. The van der Waals surface area contributed by atoms with Crippen LogP contribution in [-0.2, 0) is 13.6 Å². The fourth-order valence-electron chi connectivity index (χ4n) is 2.95. The van der Waals surface area contributed by atoms with Gasteiger partial charge >= 0.3 is 0 Å². The molecule has 1 fully saturated rings. The van der Waals surface area contributed by atoms with Crippen molar-refractivity contribution in [1.29, 1.82) is 0 Å². The van der Waals surface area contributed by atoms with Gasteiger partial charge in [0.2, 0.25) is 0 Å². The molecular weight excluding hydrogens is 472 g/mol. The van der Waals surface area contributed by atoms with Gasteiger partial charge < -0.3 is 20.1 Å². The summed E-state index contributed by atoms with van der Waals surface area (Å²) < 4.78 is 1.88. The lowest BCUT2D eigenvalue weighted by atomic mass is 9.99. The molecule has 0 amide bonds. The summed E-state index contributed by atoms with van der Waals surface area (Å²) in [7, 11) is 3.69. The zero-order valence-electron chi connectivity index (χ0n) is 15.3. The molecule has 1 aliphatic heterocycles. The maximum absolute atomic E-state index is 6.09. The molecule has 0 radical (unpaired) electrons. The Kier molecular flexibility index (Phi) is 10.5. The first-order valence-electron chi connectivity index (χ1n) is 8.67. The van der Waals surface area contributed by atoms with Crippen molar-refractivity contribution in [3.05, 3.63) is 21.9 Å². The highest BCUT2D eigenvalue weighted by Gasteiger charge is 2.14. The predicted octanol–water partition coefficient (Wildman–Crippen LogP) is 3.74. The van der Waals surface area contributed by atoms with E-state index in [1.54, 1.807) is 7.05 Å². The van der Waals surface area contributed by atoms with E-state index in [1.807, 2.05) is 17.7 Å². The van der Waals surface area contributed by atoms with Gasteiger partial charge in [0.1, 0.15) is 5.15 Å². The highest BCUT2D eigenvalue weighted by molar-refractivity contribution is 14.0. The summed E-state index contributed by atoms with van der Waals surface area (Å²) in [6.45, 7) is 7.53. The van der Waals surface area contributed by atoms with Crippen molar-refractivity contribution in [2.24, 2.45) is 18.0 Å². The van der Waals surface area contributed by atoms with Crippen molar-refractivity contribution >= 4 is 53.1 Å². The van der Waals surface area contributed by atoms with Crippen molar-refractivity contribution in [2.45, 2.75) is 32.7 Å². The van der Waals surface area contributed by atoms with E-state index in [1.165, 1.54) is 25.9 Å². The van der Waals surface area contributed by atoms with Gasteiger partial charge in [-0.05, 0) is 50.9 Å². The Hall–Kier alpha value is -0.180. The summed E-state index contributed by atoms with van der Waals surface area (Å²) in [6, 6.07) is 1.88. The second-order valence-corrected chi connectivity index (χ2v) is 7.33. The summed E-state index contributed by atoms with van der Waals surface area (Å²) >= 11 is 12.1. The summed E-state index contributed by atoms with van der Waals surface area (Å²) in [4.78, 5) is 6.82. The van der Waals surface area contributed by atoms with E-state index in [-0.39, 0.29) is 24.0 Å². The Labute approximate surface area is 178 Å². The molecule has 25 heavy (non-hydrogen) atoms. The standard InChI is InChI=1S/C17H29Cl2N5.HI/c1-13-5-9-24(10-6-13)8-4-7-21-17(20-2)22-12-14-11-15(18)16(19)23(14)3;/h11,13H,4-10,12H2,1-3H3,(H2,20,21,22);1H. The second kappa shape index (κ2) is 11.5. The van der Waals surface area contributed by atoms with Crippen LogP contribution in [0.1, 0.15) is 31.9 Å². The molecular formula is C17H30Cl2IN5. The Morgan fingerprint density at radius 2 is 1.96 bits per heavy atom. The number of likely N-dealkylation sites (tertiary alicyclic amines) is 1. The highest BCUT2D eigenvalue weighted by atomic mass is 127. The summed E-state index contributed by atoms with van der Waals surface area (Å²) in [5.74, 6) is 1.69. The number of hydrogen-bond donors (Lipinski definition) is 2. The highest BCUT2D eigenvalue weighted by Crippen LogP contribution is 2.24. The minimum atomic E-state index is 0. The molecule has 144 valence electrons. The van der Waals surface area contributed by atoms with E-state index in [4.69, 9.17) is 23.2 Å². The van der Waals surface area contributed by atoms with E-state index in [9.17, 15) is 0 Å². The fourth-order valence-corrected chi connectivity index (χ4v) is 3.36. The third-order valence-electron chi connectivity index (χ3n) is 4.70. The topological polar surface area (TPSA) is 44.6 Å². The molecule has 0 aliphatic carbocycles. The third-order valence-corrected chi connectivity index (χ3v) is 5.54. The van der Waals surface area contributed by atoms with Crippen molar-refractivity contribution in [2.75, 3.05) is 33.2 Å². The van der Waals surface area contributed by atoms with Crippen LogP contribution >= 0.6 is 47.2 Å². The van der Waals surface area contributed by atoms with Crippen molar-refractivity contribution < 1.29 is 0 Å². The average Bonchev–Trinajstić information content (AvgIpc) is 2.83. The molecule has 2 N–H and O–H groups in total. The minimum Gasteiger partial charge on any atom is -0.356 e. The van der Waals surface area contributed by atoms with Crippen molar-refractivity contribution in [3.8, 4) is 0 Å². The average molecular weight is 502 g/mol. The lowest BCUT2D eigenvalue weighted by Crippen LogP contribution is -2.39. The van der Waals surface area contributed by atoms with Gasteiger partial charge in [-0.1, -0.05) is 30.1 Å². The van der Waals surface area contributed by atoms with Gasteiger partial charge in [0.25, 0.3) is 0 Å². The van der Waals surface area contributed by atoms with Crippen LogP contribution in [0.4, 0.5) is 0 Å². The Morgan fingerprint density at radius 1 is 1.28 bits per heavy atom. The zero-order chi connectivity index (χ0) is 17.5. The van der Waals surface area contributed by atoms with Crippen LogP contribution in [-0.4, -0.2) is 48.7 Å². The Bertz CT molecular complexity index is 553. The van der Waals surface area contributed by atoms with Crippen molar-refractivity contribution in [1.82, 2.24) is 20.1 Å². The first kappa shape index (κ1) is 22.9. The van der Waals surface area contributed by atoms with Gasteiger partial charge in [-0.3, -0.25) is 4.99 Å². The molecule has 1 aromatic rings. The molecule has 0 unspecified atom stereocenters. The number of guanidine groups is 1. The largest absolute Gasteiger partial charge is 0.356 e. The maximum atomic E-state index is 6.09. The summed E-state index contributed by atoms with van der Waals surface area (Å²) in [5, 5.41) is 7.81. The summed E-state index contributed by atoms with van der Waals surface area (Å²) in [6.07, 6.45) is 3.79. The smallest absolute Gasteiger partial charge is 0.191 e. The molecule has 2 rings (SSSR count). The maximum Gasteiger partial charge on any atom is 0.191 e. The molecule has 0 spiro atoms. The van der Waals surface area contributed by atoms with Crippen LogP contribution in [0.15, 0.2) is 11.1 Å². The van der Waals surface area contributed by atoms with Crippen LogP contribution in [0.5, 0.6) is 0 Å². The number of aliphatic imine (C=N–C) groups is 1. The number of rotatable bonds is 6. The number of halogens is 3. The zero-order valence-corrected chi connectivity index (χ0v) is 19.2. The fraction of sp³-hybridized carbons (Fsp3) is 0.706. The lowest BCUT2D eigenvalue weighted by Gasteiger charge is -2.30. The van der Waals surface area contributed by atoms with E-state index < -0.39 is 0 Å². The van der Waals surface area contributed by atoms with E-state index in [0.29, 0.717) is 16.7 Å².